The smallest absolute Gasteiger partial charge is 0.0949 e. The van der Waals surface area contributed by atoms with Crippen molar-refractivity contribution in [2.75, 3.05) is 0 Å². The Morgan fingerprint density at radius 2 is 2.00 bits per heavy atom. The predicted octanol–water partition coefficient (Wildman–Crippen LogP) is 2.60. The van der Waals surface area contributed by atoms with Gasteiger partial charge in [0.05, 0.1) is 12.0 Å². The van der Waals surface area contributed by atoms with Gasteiger partial charge in [-0.25, -0.2) is 4.98 Å². The van der Waals surface area contributed by atoms with Crippen molar-refractivity contribution >= 4 is 0 Å². The highest BCUT2D eigenvalue weighted by Gasteiger charge is 2.33. The van der Waals surface area contributed by atoms with Crippen LogP contribution in [0.2, 0.25) is 0 Å². The zero-order chi connectivity index (χ0) is 9.64. The molecule has 0 amide bonds. The molecule has 0 atom stereocenters. The highest BCUT2D eigenvalue weighted by atomic mass is 15.0. The first kappa shape index (κ1) is 8.79. The van der Waals surface area contributed by atoms with E-state index in [1.165, 1.54) is 24.2 Å². The molecule has 0 spiro atoms. The van der Waals surface area contributed by atoms with E-state index in [0.29, 0.717) is 0 Å². The second-order valence-electron chi connectivity index (χ2n) is 5.11. The summed E-state index contributed by atoms with van der Waals surface area (Å²) in [5.41, 5.74) is 2.98. The van der Waals surface area contributed by atoms with Crippen molar-refractivity contribution in [1.82, 2.24) is 9.55 Å². The van der Waals surface area contributed by atoms with Crippen LogP contribution in [0.3, 0.4) is 0 Å². The molecule has 2 rings (SSSR count). The molecule has 0 bridgehead atoms. The minimum absolute atomic E-state index is 0.225. The number of aromatic nitrogens is 2. The molecule has 0 N–H and O–H groups in total. The van der Waals surface area contributed by atoms with Crippen LogP contribution >= 0.6 is 0 Å². The molecule has 1 heterocycles. The molecule has 2 nitrogen and oxygen atoms in total. The van der Waals surface area contributed by atoms with Crippen molar-refractivity contribution < 1.29 is 0 Å². The molecule has 0 aliphatic heterocycles. The molecule has 1 aliphatic rings. The van der Waals surface area contributed by atoms with Gasteiger partial charge in [-0.15, -0.1) is 0 Å². The Bertz CT molecular complexity index is 313. The first-order valence-corrected chi connectivity index (χ1v) is 5.02. The van der Waals surface area contributed by atoms with Gasteiger partial charge in [-0.1, -0.05) is 20.8 Å². The van der Waals surface area contributed by atoms with Gasteiger partial charge in [0.15, 0.2) is 0 Å². The summed E-state index contributed by atoms with van der Waals surface area (Å²) in [6, 6.07) is 0. The van der Waals surface area contributed by atoms with E-state index in [0.717, 1.165) is 5.92 Å². The highest BCUT2D eigenvalue weighted by Crippen LogP contribution is 2.43. The molecule has 72 valence electrons. The zero-order valence-corrected chi connectivity index (χ0v) is 8.96. The fraction of sp³-hybridized carbons (Fsp3) is 0.727. The Balaban J connectivity index is 2.46. The number of aryl methyl sites for hydroxylation is 1. The Hall–Kier alpha value is -0.790. The summed E-state index contributed by atoms with van der Waals surface area (Å²) in [6.07, 6.45) is 4.62. The first-order chi connectivity index (χ1) is 6.00. The van der Waals surface area contributed by atoms with Gasteiger partial charge < -0.3 is 4.57 Å². The Morgan fingerprint density at radius 3 is 2.46 bits per heavy atom. The third-order valence-electron chi connectivity index (χ3n) is 2.64. The highest BCUT2D eigenvalue weighted by molar-refractivity contribution is 5.27. The largest absolute Gasteiger partial charge is 0.337 e. The molecule has 0 aromatic carbocycles. The SMILES string of the molecule is Cn1cnc(C2CC2)c1C(C)(C)C. The van der Waals surface area contributed by atoms with Gasteiger partial charge in [0.1, 0.15) is 0 Å². The number of imidazole rings is 1. The maximum absolute atomic E-state index is 4.51. The third kappa shape index (κ3) is 1.50. The first-order valence-electron chi connectivity index (χ1n) is 5.02. The van der Waals surface area contributed by atoms with E-state index in [-0.39, 0.29) is 5.41 Å². The van der Waals surface area contributed by atoms with Gasteiger partial charge in [-0.3, -0.25) is 0 Å². The third-order valence-corrected chi connectivity index (χ3v) is 2.64. The lowest BCUT2D eigenvalue weighted by molar-refractivity contribution is 0.536. The number of hydrogen-bond donors (Lipinski definition) is 0. The van der Waals surface area contributed by atoms with Gasteiger partial charge >= 0.3 is 0 Å². The van der Waals surface area contributed by atoms with Gasteiger partial charge in [-0.2, -0.15) is 0 Å². The summed E-state index contributed by atoms with van der Waals surface area (Å²) in [7, 11) is 2.10. The van der Waals surface area contributed by atoms with Crippen LogP contribution in [0.4, 0.5) is 0 Å². The zero-order valence-electron chi connectivity index (χ0n) is 8.96. The topological polar surface area (TPSA) is 17.8 Å². The van der Waals surface area contributed by atoms with Crippen LogP contribution in [0.25, 0.3) is 0 Å². The van der Waals surface area contributed by atoms with Gasteiger partial charge in [-0.05, 0) is 12.8 Å². The summed E-state index contributed by atoms with van der Waals surface area (Å²) in [5, 5.41) is 0. The summed E-state index contributed by atoms with van der Waals surface area (Å²) in [5.74, 6) is 0.760. The normalized spacial score (nSPS) is 17.8. The van der Waals surface area contributed by atoms with E-state index < -0.39 is 0 Å². The predicted molar refractivity (Wildman–Crippen MR) is 53.9 cm³/mol. The van der Waals surface area contributed by atoms with Gasteiger partial charge in [0.2, 0.25) is 0 Å². The molecule has 0 saturated heterocycles. The maximum atomic E-state index is 4.51. The van der Waals surface area contributed by atoms with Crippen LogP contribution < -0.4 is 0 Å². The lowest BCUT2D eigenvalue weighted by Crippen LogP contribution is -2.17. The second-order valence-corrected chi connectivity index (χ2v) is 5.11. The second kappa shape index (κ2) is 2.60. The molecule has 13 heavy (non-hydrogen) atoms. The molecule has 0 unspecified atom stereocenters. The van der Waals surface area contributed by atoms with E-state index in [9.17, 15) is 0 Å². The van der Waals surface area contributed by atoms with Gasteiger partial charge in [0.25, 0.3) is 0 Å². The number of hydrogen-bond acceptors (Lipinski definition) is 1. The molecule has 1 fully saturated rings. The summed E-state index contributed by atoms with van der Waals surface area (Å²) in [4.78, 5) is 4.51. The Labute approximate surface area is 80.0 Å². The van der Waals surface area contributed by atoms with E-state index in [4.69, 9.17) is 0 Å². The van der Waals surface area contributed by atoms with Crippen LogP contribution in [0.1, 0.15) is 50.9 Å². The molecule has 0 radical (unpaired) electrons. The van der Waals surface area contributed by atoms with Crippen LogP contribution in [0, 0.1) is 0 Å². The Kier molecular flexibility index (Phi) is 1.76. The van der Waals surface area contributed by atoms with Crippen LogP contribution in [-0.4, -0.2) is 9.55 Å². The van der Waals surface area contributed by atoms with Crippen molar-refractivity contribution in [3.63, 3.8) is 0 Å². The average Bonchev–Trinajstić information content (AvgIpc) is 2.73. The van der Waals surface area contributed by atoms with Gasteiger partial charge in [0, 0.05) is 24.1 Å². The monoisotopic (exact) mass is 178 g/mol. The van der Waals surface area contributed by atoms with Crippen LogP contribution in [0.5, 0.6) is 0 Å². The maximum Gasteiger partial charge on any atom is 0.0949 e. The summed E-state index contributed by atoms with van der Waals surface area (Å²) < 4.78 is 2.17. The van der Waals surface area contributed by atoms with Crippen LogP contribution in [0.15, 0.2) is 6.33 Å². The minimum Gasteiger partial charge on any atom is -0.337 e. The lowest BCUT2D eigenvalue weighted by atomic mass is 9.89. The van der Waals surface area contributed by atoms with Crippen molar-refractivity contribution in [1.29, 1.82) is 0 Å². The van der Waals surface area contributed by atoms with E-state index >= 15 is 0 Å². The molecule has 1 aromatic rings. The summed E-state index contributed by atoms with van der Waals surface area (Å²) in [6.45, 7) is 6.78. The van der Waals surface area contributed by atoms with Crippen molar-refractivity contribution in [2.24, 2.45) is 7.05 Å². The lowest BCUT2D eigenvalue weighted by Gasteiger charge is -2.21. The summed E-state index contributed by atoms with van der Waals surface area (Å²) >= 11 is 0. The molecule has 1 aliphatic carbocycles. The molecular weight excluding hydrogens is 160 g/mol. The molecule has 2 heteroatoms. The fourth-order valence-electron chi connectivity index (χ4n) is 2.02. The van der Waals surface area contributed by atoms with Crippen molar-refractivity contribution in [3.05, 3.63) is 17.7 Å². The van der Waals surface area contributed by atoms with E-state index in [1.807, 2.05) is 6.33 Å². The average molecular weight is 178 g/mol. The van der Waals surface area contributed by atoms with Crippen molar-refractivity contribution in [3.8, 4) is 0 Å². The minimum atomic E-state index is 0.225. The van der Waals surface area contributed by atoms with E-state index in [1.54, 1.807) is 0 Å². The Morgan fingerprint density at radius 1 is 1.38 bits per heavy atom. The number of rotatable bonds is 1. The quantitative estimate of drug-likeness (QED) is 0.646. The van der Waals surface area contributed by atoms with E-state index in [2.05, 4.69) is 37.4 Å². The van der Waals surface area contributed by atoms with Crippen LogP contribution in [-0.2, 0) is 12.5 Å². The number of nitrogens with zero attached hydrogens (tertiary/aromatic N) is 2. The fourth-order valence-corrected chi connectivity index (χ4v) is 2.02. The molecule has 1 saturated carbocycles. The molecular formula is C11H18N2. The standard InChI is InChI=1S/C11H18N2/c1-11(2,3)10-9(8-5-6-8)12-7-13(10)4/h7-8H,5-6H2,1-4H3. The van der Waals surface area contributed by atoms with Crippen molar-refractivity contribution in [2.45, 2.75) is 44.9 Å². The molecule has 1 aromatic heterocycles.